The van der Waals surface area contributed by atoms with Gasteiger partial charge in [0.25, 0.3) is 0 Å². The summed E-state index contributed by atoms with van der Waals surface area (Å²) in [7, 11) is 0. The lowest BCUT2D eigenvalue weighted by Crippen LogP contribution is -2.41. The van der Waals surface area contributed by atoms with Crippen LogP contribution in [0.5, 0.6) is 0 Å². The number of hydrogen-bond donors (Lipinski definition) is 1. The predicted octanol–water partition coefficient (Wildman–Crippen LogP) is 3.16. The van der Waals surface area contributed by atoms with Gasteiger partial charge in [-0.1, -0.05) is 12.8 Å². The van der Waals surface area contributed by atoms with Crippen LogP contribution in [0, 0.1) is 6.92 Å². The van der Waals surface area contributed by atoms with E-state index in [0.717, 1.165) is 6.54 Å². The molecule has 1 atom stereocenters. The second-order valence-corrected chi connectivity index (χ2v) is 8.44. The summed E-state index contributed by atoms with van der Waals surface area (Å²) >= 11 is 3.74. The van der Waals surface area contributed by atoms with Gasteiger partial charge in [0, 0.05) is 21.0 Å². The fraction of sp³-hybridized carbons (Fsp3) is 0.667. The highest BCUT2D eigenvalue weighted by molar-refractivity contribution is 8.00. The lowest BCUT2D eigenvalue weighted by atomic mass is 10.1. The first-order valence-electron chi connectivity index (χ1n) is 7.28. The molecule has 3 nitrogen and oxygen atoms in total. The number of carbonyl (C=O) groups is 1. The standard InChI is InChI=1S/C15H22N2OS2/c1-11-5-6-12(20-11)14-16-9-13(18)17(14)10-15(19-2)7-3-4-8-15/h5-6,14,16H,3-4,7-10H2,1-2H3. The highest BCUT2D eigenvalue weighted by Gasteiger charge is 2.41. The second kappa shape index (κ2) is 5.70. The molecule has 1 aliphatic carbocycles. The van der Waals surface area contributed by atoms with Crippen molar-refractivity contribution in [2.24, 2.45) is 0 Å². The SMILES string of the molecule is CSC1(CN2C(=O)CNC2c2ccc(C)s2)CCCC1. The van der Waals surface area contributed by atoms with E-state index >= 15 is 0 Å². The van der Waals surface area contributed by atoms with Crippen LogP contribution in [0.1, 0.15) is 41.6 Å². The minimum atomic E-state index is 0.0887. The van der Waals surface area contributed by atoms with Crippen LogP contribution >= 0.6 is 23.1 Å². The molecule has 2 heterocycles. The number of thiophene rings is 1. The Morgan fingerprint density at radius 3 is 2.80 bits per heavy atom. The van der Waals surface area contributed by atoms with Crippen molar-refractivity contribution in [3.8, 4) is 0 Å². The van der Waals surface area contributed by atoms with Crippen molar-refractivity contribution in [1.82, 2.24) is 10.2 Å². The zero-order valence-electron chi connectivity index (χ0n) is 12.1. The van der Waals surface area contributed by atoms with E-state index in [1.165, 1.54) is 35.4 Å². The van der Waals surface area contributed by atoms with Crippen LogP contribution in [0.25, 0.3) is 0 Å². The number of rotatable bonds is 4. The maximum atomic E-state index is 12.3. The fourth-order valence-corrected chi connectivity index (χ4v) is 5.26. The van der Waals surface area contributed by atoms with E-state index < -0.39 is 0 Å². The molecule has 0 aromatic carbocycles. The first kappa shape index (κ1) is 14.4. The molecule has 2 aliphatic rings. The highest BCUT2D eigenvalue weighted by Crippen LogP contribution is 2.42. The van der Waals surface area contributed by atoms with Crippen LogP contribution < -0.4 is 5.32 Å². The van der Waals surface area contributed by atoms with Crippen LogP contribution in [0.3, 0.4) is 0 Å². The Kier molecular flexibility index (Phi) is 4.11. The molecule has 1 saturated heterocycles. The van der Waals surface area contributed by atoms with Gasteiger partial charge in [0.15, 0.2) is 0 Å². The Bertz CT molecular complexity index is 494. The van der Waals surface area contributed by atoms with Gasteiger partial charge in [0.2, 0.25) is 5.91 Å². The summed E-state index contributed by atoms with van der Waals surface area (Å²) < 4.78 is 0.284. The van der Waals surface area contributed by atoms with E-state index in [1.54, 1.807) is 11.3 Å². The molecular formula is C15H22N2OS2. The van der Waals surface area contributed by atoms with Crippen LogP contribution in [0.15, 0.2) is 12.1 Å². The molecule has 1 amide bonds. The molecule has 1 saturated carbocycles. The molecule has 0 bridgehead atoms. The third-order valence-electron chi connectivity index (χ3n) is 4.52. The lowest BCUT2D eigenvalue weighted by molar-refractivity contribution is -0.128. The number of amides is 1. The van der Waals surface area contributed by atoms with Crippen molar-refractivity contribution in [2.75, 3.05) is 19.3 Å². The van der Waals surface area contributed by atoms with Crippen molar-refractivity contribution in [2.45, 2.75) is 43.5 Å². The fourth-order valence-electron chi connectivity index (χ4n) is 3.33. The first-order chi connectivity index (χ1) is 9.63. The molecule has 1 aromatic heterocycles. The van der Waals surface area contributed by atoms with Crippen LogP contribution in [-0.2, 0) is 4.79 Å². The van der Waals surface area contributed by atoms with Gasteiger partial charge in [-0.25, -0.2) is 0 Å². The van der Waals surface area contributed by atoms with Crippen molar-refractivity contribution < 1.29 is 4.79 Å². The Hall–Kier alpha value is -0.520. The number of aryl methyl sites for hydroxylation is 1. The molecule has 1 unspecified atom stereocenters. The van der Waals surface area contributed by atoms with Crippen molar-refractivity contribution in [3.05, 3.63) is 21.9 Å². The largest absolute Gasteiger partial charge is 0.320 e. The monoisotopic (exact) mass is 310 g/mol. The Balaban J connectivity index is 1.80. The Morgan fingerprint density at radius 1 is 1.45 bits per heavy atom. The predicted molar refractivity (Wildman–Crippen MR) is 86.2 cm³/mol. The molecule has 0 radical (unpaired) electrons. The van der Waals surface area contributed by atoms with Crippen LogP contribution in [-0.4, -0.2) is 34.9 Å². The van der Waals surface area contributed by atoms with Crippen molar-refractivity contribution >= 4 is 29.0 Å². The van der Waals surface area contributed by atoms with Crippen molar-refractivity contribution in [1.29, 1.82) is 0 Å². The summed E-state index contributed by atoms with van der Waals surface area (Å²) in [6.07, 6.45) is 7.38. The maximum absolute atomic E-state index is 12.3. The number of nitrogens with one attached hydrogen (secondary N) is 1. The lowest BCUT2D eigenvalue weighted by Gasteiger charge is -2.34. The summed E-state index contributed by atoms with van der Waals surface area (Å²) in [6.45, 7) is 3.49. The minimum absolute atomic E-state index is 0.0887. The van der Waals surface area contributed by atoms with Gasteiger partial charge in [-0.15, -0.1) is 11.3 Å². The average molecular weight is 310 g/mol. The summed E-state index contributed by atoms with van der Waals surface area (Å²) in [5.41, 5.74) is 0. The number of thioether (sulfide) groups is 1. The first-order valence-corrected chi connectivity index (χ1v) is 9.32. The molecule has 5 heteroatoms. The van der Waals surface area contributed by atoms with Gasteiger partial charge in [-0.3, -0.25) is 10.1 Å². The smallest absolute Gasteiger partial charge is 0.238 e. The molecular weight excluding hydrogens is 288 g/mol. The molecule has 0 spiro atoms. The molecule has 1 N–H and O–H groups in total. The zero-order valence-corrected chi connectivity index (χ0v) is 13.8. The third-order valence-corrected chi connectivity index (χ3v) is 6.97. The van der Waals surface area contributed by atoms with E-state index in [-0.39, 0.29) is 16.8 Å². The molecule has 20 heavy (non-hydrogen) atoms. The van der Waals surface area contributed by atoms with E-state index in [1.807, 2.05) is 11.8 Å². The molecule has 1 aromatic rings. The summed E-state index contributed by atoms with van der Waals surface area (Å²) in [4.78, 5) is 16.9. The van der Waals surface area contributed by atoms with Crippen LogP contribution in [0.4, 0.5) is 0 Å². The summed E-state index contributed by atoms with van der Waals surface area (Å²) in [6, 6.07) is 4.30. The summed E-state index contributed by atoms with van der Waals surface area (Å²) in [5, 5.41) is 3.38. The number of nitrogens with zero attached hydrogens (tertiary/aromatic N) is 1. The summed E-state index contributed by atoms with van der Waals surface area (Å²) in [5.74, 6) is 0.251. The number of hydrogen-bond acceptors (Lipinski definition) is 4. The van der Waals surface area contributed by atoms with E-state index in [0.29, 0.717) is 6.54 Å². The van der Waals surface area contributed by atoms with E-state index in [4.69, 9.17) is 0 Å². The van der Waals surface area contributed by atoms with Gasteiger partial charge >= 0.3 is 0 Å². The second-order valence-electron chi connectivity index (χ2n) is 5.85. The highest BCUT2D eigenvalue weighted by atomic mass is 32.2. The average Bonchev–Trinajstić information content (AvgIpc) is 3.14. The van der Waals surface area contributed by atoms with Gasteiger partial charge in [0.05, 0.1) is 6.54 Å². The van der Waals surface area contributed by atoms with E-state index in [2.05, 4.69) is 35.5 Å². The normalized spacial score (nSPS) is 25.6. The van der Waals surface area contributed by atoms with Gasteiger partial charge in [-0.05, 0) is 38.2 Å². The molecule has 1 aliphatic heterocycles. The minimum Gasteiger partial charge on any atom is -0.320 e. The van der Waals surface area contributed by atoms with E-state index in [9.17, 15) is 4.79 Å². The van der Waals surface area contributed by atoms with Crippen LogP contribution in [0.2, 0.25) is 0 Å². The van der Waals surface area contributed by atoms with Crippen molar-refractivity contribution in [3.63, 3.8) is 0 Å². The van der Waals surface area contributed by atoms with Gasteiger partial charge in [-0.2, -0.15) is 11.8 Å². The molecule has 110 valence electrons. The molecule has 2 fully saturated rings. The maximum Gasteiger partial charge on any atom is 0.238 e. The van der Waals surface area contributed by atoms with Gasteiger partial charge < -0.3 is 4.90 Å². The number of carbonyl (C=O) groups excluding carboxylic acids is 1. The topological polar surface area (TPSA) is 32.3 Å². The zero-order chi connectivity index (χ0) is 14.2. The Morgan fingerprint density at radius 2 is 2.20 bits per heavy atom. The van der Waals surface area contributed by atoms with Gasteiger partial charge in [0.1, 0.15) is 6.17 Å². The third kappa shape index (κ3) is 2.63. The Labute approximate surface area is 129 Å². The molecule has 3 rings (SSSR count). The quantitative estimate of drug-likeness (QED) is 0.927.